The van der Waals surface area contributed by atoms with Crippen LogP contribution in [0.5, 0.6) is 0 Å². The monoisotopic (exact) mass is 389 g/mol. The fourth-order valence-corrected chi connectivity index (χ4v) is 3.66. The summed E-state index contributed by atoms with van der Waals surface area (Å²) in [5, 5.41) is 0. The van der Waals surface area contributed by atoms with Gasteiger partial charge < -0.3 is 5.73 Å². The van der Waals surface area contributed by atoms with E-state index in [1.807, 2.05) is 12.2 Å². The fraction of sp³-hybridized carbons (Fsp3) is 0. The van der Waals surface area contributed by atoms with Gasteiger partial charge in [0.2, 0.25) is 9.84 Å². The maximum Gasteiger partial charge on any atom is 0.206 e. The first kappa shape index (κ1) is 19.7. The summed E-state index contributed by atoms with van der Waals surface area (Å²) in [4.78, 5) is 0.374. The number of sulfone groups is 1. The minimum Gasteiger partial charge on any atom is -0.399 e. The smallest absolute Gasteiger partial charge is 0.206 e. The quantitative estimate of drug-likeness (QED) is 0.513. The van der Waals surface area contributed by atoms with Gasteiger partial charge in [0, 0.05) is 5.69 Å². The van der Waals surface area contributed by atoms with Gasteiger partial charge in [-0.05, 0) is 53.6 Å². The molecule has 3 nitrogen and oxygen atoms in total. The molecular weight excluding hydrogens is 373 g/mol. The number of anilines is 1. The van der Waals surface area contributed by atoms with Crippen molar-refractivity contribution in [2.45, 2.75) is 9.79 Å². The van der Waals surface area contributed by atoms with E-state index in [1.165, 1.54) is 24.3 Å². The van der Waals surface area contributed by atoms with Crippen LogP contribution in [-0.4, -0.2) is 8.42 Å². The lowest BCUT2D eigenvalue weighted by Crippen LogP contribution is -2.02. The largest absolute Gasteiger partial charge is 0.399 e. The van der Waals surface area contributed by atoms with Crippen molar-refractivity contribution in [3.05, 3.63) is 89.7 Å². The highest BCUT2D eigenvalue weighted by molar-refractivity contribution is 7.91. The van der Waals surface area contributed by atoms with E-state index in [1.54, 1.807) is 48.5 Å². The van der Waals surface area contributed by atoms with Crippen molar-refractivity contribution in [1.29, 1.82) is 0 Å². The Hall–Kier alpha value is -2.63. The van der Waals surface area contributed by atoms with E-state index in [4.69, 9.17) is 5.73 Å². The van der Waals surface area contributed by atoms with Crippen molar-refractivity contribution in [3.8, 4) is 0 Å². The van der Waals surface area contributed by atoms with Gasteiger partial charge in [0.15, 0.2) is 0 Å². The molecule has 0 amide bonds. The van der Waals surface area contributed by atoms with Gasteiger partial charge in [0.05, 0.1) is 9.79 Å². The molecule has 0 fully saturated rings. The molecule has 3 aromatic carbocycles. The van der Waals surface area contributed by atoms with Gasteiger partial charge in [-0.2, -0.15) is 0 Å². The van der Waals surface area contributed by atoms with E-state index in [0.717, 1.165) is 11.1 Å². The van der Waals surface area contributed by atoms with E-state index < -0.39 is 9.84 Å². The summed E-state index contributed by atoms with van der Waals surface area (Å²) >= 11 is 0. The van der Waals surface area contributed by atoms with Crippen molar-refractivity contribution in [3.63, 3.8) is 0 Å². The van der Waals surface area contributed by atoms with Crippen LogP contribution in [0.2, 0.25) is 0 Å². The molecule has 0 saturated heterocycles. The third kappa shape index (κ3) is 4.50. The molecule has 0 radical (unpaired) electrons. The first-order valence-corrected chi connectivity index (χ1v) is 9.08. The Balaban J connectivity index is 0.00000243. The summed E-state index contributed by atoms with van der Waals surface area (Å²) in [6.45, 7) is 0. The Morgan fingerprint density at radius 1 is 0.769 bits per heavy atom. The second kappa shape index (κ2) is 8.17. The molecule has 3 rings (SSSR count). The second-order valence-electron chi connectivity index (χ2n) is 5.53. The van der Waals surface area contributed by atoms with Crippen molar-refractivity contribution in [2.24, 2.45) is 0 Å². The van der Waals surface area contributed by atoms with E-state index in [9.17, 15) is 12.8 Å². The van der Waals surface area contributed by atoms with Gasteiger partial charge in [0.1, 0.15) is 5.82 Å². The number of nitrogens with two attached hydrogens (primary N) is 1. The molecule has 26 heavy (non-hydrogen) atoms. The predicted octanol–water partition coefficient (Wildman–Crippen LogP) is 4.83. The maximum absolute atomic E-state index is 12.9. The maximum atomic E-state index is 12.9. The first-order valence-electron chi connectivity index (χ1n) is 7.59. The van der Waals surface area contributed by atoms with E-state index in [0.29, 0.717) is 5.69 Å². The highest BCUT2D eigenvalue weighted by Crippen LogP contribution is 2.23. The average molecular weight is 390 g/mol. The minimum absolute atomic E-state index is 0. The van der Waals surface area contributed by atoms with Gasteiger partial charge in [0.25, 0.3) is 0 Å². The lowest BCUT2D eigenvalue weighted by atomic mass is 10.1. The molecule has 0 unspecified atom stereocenters. The Labute approximate surface area is 158 Å². The number of nitrogen functional groups attached to an aromatic ring is 1. The number of rotatable bonds is 4. The van der Waals surface area contributed by atoms with Crippen LogP contribution in [0.1, 0.15) is 11.1 Å². The van der Waals surface area contributed by atoms with Crippen LogP contribution >= 0.6 is 12.4 Å². The summed E-state index contributed by atoms with van der Waals surface area (Å²) in [6, 6.07) is 18.9. The van der Waals surface area contributed by atoms with E-state index in [2.05, 4.69) is 0 Å². The van der Waals surface area contributed by atoms with E-state index in [-0.39, 0.29) is 28.0 Å². The normalized spacial score (nSPS) is 11.3. The molecule has 0 saturated carbocycles. The van der Waals surface area contributed by atoms with Crippen LogP contribution in [0, 0.1) is 5.82 Å². The molecule has 134 valence electrons. The Kier molecular flexibility index (Phi) is 6.18. The van der Waals surface area contributed by atoms with Gasteiger partial charge in [-0.15, -0.1) is 12.4 Å². The standard InChI is InChI=1S/C20H16FNO2S.ClH/c21-17-10-6-15(7-11-17)4-5-16-8-12-19(13-9-16)25(23,24)20-3-1-2-18(22)14-20;/h1-14H,22H2;1H/b5-4+;. The van der Waals surface area contributed by atoms with Crippen molar-refractivity contribution >= 4 is 40.1 Å². The molecule has 3 aromatic rings. The summed E-state index contributed by atoms with van der Waals surface area (Å²) in [5.74, 6) is -0.284. The zero-order valence-corrected chi connectivity index (χ0v) is 15.3. The van der Waals surface area contributed by atoms with Gasteiger partial charge >= 0.3 is 0 Å². The van der Waals surface area contributed by atoms with Crippen molar-refractivity contribution in [2.75, 3.05) is 5.73 Å². The molecule has 2 N–H and O–H groups in total. The fourth-order valence-electron chi connectivity index (χ4n) is 2.34. The second-order valence-corrected chi connectivity index (χ2v) is 7.48. The number of halogens is 2. The molecule has 0 aliphatic carbocycles. The third-order valence-corrected chi connectivity index (χ3v) is 5.46. The predicted molar refractivity (Wildman–Crippen MR) is 105 cm³/mol. The number of hydrogen-bond acceptors (Lipinski definition) is 3. The first-order chi connectivity index (χ1) is 11.9. The van der Waals surface area contributed by atoms with Crippen molar-refractivity contribution in [1.82, 2.24) is 0 Å². The van der Waals surface area contributed by atoms with Crippen LogP contribution < -0.4 is 5.73 Å². The van der Waals surface area contributed by atoms with Gasteiger partial charge in [-0.3, -0.25) is 0 Å². The van der Waals surface area contributed by atoms with Crippen LogP contribution in [0.15, 0.2) is 82.6 Å². The van der Waals surface area contributed by atoms with Crippen LogP contribution in [0.4, 0.5) is 10.1 Å². The Morgan fingerprint density at radius 3 is 1.85 bits per heavy atom. The van der Waals surface area contributed by atoms with Crippen LogP contribution in [0.25, 0.3) is 12.2 Å². The minimum atomic E-state index is -3.60. The van der Waals surface area contributed by atoms with Crippen molar-refractivity contribution < 1.29 is 12.8 Å². The number of benzene rings is 3. The van der Waals surface area contributed by atoms with Crippen LogP contribution in [-0.2, 0) is 9.84 Å². The topological polar surface area (TPSA) is 60.2 Å². The number of hydrogen-bond donors (Lipinski definition) is 1. The zero-order chi connectivity index (χ0) is 17.9. The Morgan fingerprint density at radius 2 is 1.31 bits per heavy atom. The third-order valence-electron chi connectivity index (χ3n) is 3.70. The molecule has 0 aliphatic heterocycles. The molecule has 0 heterocycles. The molecule has 0 aromatic heterocycles. The van der Waals surface area contributed by atoms with Crippen LogP contribution in [0.3, 0.4) is 0 Å². The Bertz CT molecular complexity index is 1010. The van der Waals surface area contributed by atoms with E-state index >= 15 is 0 Å². The summed E-state index contributed by atoms with van der Waals surface area (Å²) < 4.78 is 38.1. The molecular formula is C20H17ClFNO2S. The molecule has 0 atom stereocenters. The highest BCUT2D eigenvalue weighted by atomic mass is 35.5. The lowest BCUT2D eigenvalue weighted by molar-refractivity contribution is 0.596. The summed E-state index contributed by atoms with van der Waals surface area (Å²) in [7, 11) is -3.60. The lowest BCUT2D eigenvalue weighted by Gasteiger charge is -2.06. The SMILES string of the molecule is Cl.Nc1cccc(S(=O)(=O)c2ccc(/C=C/c3ccc(F)cc3)cc2)c1. The molecule has 0 aliphatic rings. The summed E-state index contributed by atoms with van der Waals surface area (Å²) in [5.41, 5.74) is 7.77. The zero-order valence-electron chi connectivity index (χ0n) is 13.7. The molecule has 0 bridgehead atoms. The molecule has 6 heteroatoms. The van der Waals surface area contributed by atoms with Gasteiger partial charge in [-0.1, -0.05) is 42.5 Å². The molecule has 0 spiro atoms. The average Bonchev–Trinajstić information content (AvgIpc) is 2.62. The highest BCUT2D eigenvalue weighted by Gasteiger charge is 2.17. The summed E-state index contributed by atoms with van der Waals surface area (Å²) in [6.07, 6.45) is 3.67. The van der Waals surface area contributed by atoms with Gasteiger partial charge in [-0.25, -0.2) is 12.8 Å².